The second-order valence-corrected chi connectivity index (χ2v) is 5.94. The van der Waals surface area contributed by atoms with Crippen molar-refractivity contribution in [3.63, 3.8) is 0 Å². The highest BCUT2D eigenvalue weighted by molar-refractivity contribution is 6.06. The van der Waals surface area contributed by atoms with Gasteiger partial charge in [0.05, 0.1) is 18.5 Å². The average Bonchev–Trinajstić information content (AvgIpc) is 3.23. The number of fused-ring (bicyclic) bond motifs is 2. The van der Waals surface area contributed by atoms with Crippen LogP contribution in [0, 0.1) is 0 Å². The summed E-state index contributed by atoms with van der Waals surface area (Å²) in [7, 11) is 0. The monoisotopic (exact) mass is 351 g/mol. The summed E-state index contributed by atoms with van der Waals surface area (Å²) in [5.41, 5.74) is 4.61. The molecule has 0 bridgehead atoms. The van der Waals surface area contributed by atoms with E-state index in [9.17, 15) is 4.79 Å². The normalized spacial score (nSPS) is 14.6. The van der Waals surface area contributed by atoms with Crippen molar-refractivity contribution >= 4 is 34.0 Å². The Morgan fingerprint density at radius 3 is 3.08 bits per heavy atom. The Hall–Kier alpha value is -3.35. The molecule has 4 rings (SSSR count). The van der Waals surface area contributed by atoms with Crippen LogP contribution >= 0.6 is 0 Å². The first kappa shape index (κ1) is 16.1. The van der Waals surface area contributed by atoms with Crippen LogP contribution in [-0.4, -0.2) is 28.5 Å². The van der Waals surface area contributed by atoms with Crippen molar-refractivity contribution in [2.75, 3.05) is 11.9 Å². The molecule has 1 aliphatic rings. The Bertz CT molecular complexity index is 1020. The van der Waals surface area contributed by atoms with Crippen LogP contribution in [0.3, 0.4) is 0 Å². The second kappa shape index (κ2) is 6.51. The molecule has 7 heteroatoms. The predicted molar refractivity (Wildman–Crippen MR) is 96.3 cm³/mol. The summed E-state index contributed by atoms with van der Waals surface area (Å²) in [5, 5.41) is 16.4. The van der Waals surface area contributed by atoms with Gasteiger partial charge in [-0.15, -0.1) is 0 Å². The standard InChI is InChI=1S/C19H17N3O4/c1-2-25-19(23)18-17(14-7-8-20-10-16(14)26-18)21-12-4-5-13-11(9-12)3-6-15(13)22-24/h4-5,7-10,21,24H,2-3,6H2,1H3/b22-15-. The quantitative estimate of drug-likeness (QED) is 0.421. The molecule has 0 amide bonds. The topological polar surface area (TPSA) is 97.0 Å². The van der Waals surface area contributed by atoms with Gasteiger partial charge < -0.3 is 19.7 Å². The van der Waals surface area contributed by atoms with Gasteiger partial charge in [-0.1, -0.05) is 11.2 Å². The highest BCUT2D eigenvalue weighted by Gasteiger charge is 2.23. The van der Waals surface area contributed by atoms with Gasteiger partial charge in [0.1, 0.15) is 5.69 Å². The van der Waals surface area contributed by atoms with Crippen molar-refractivity contribution in [2.45, 2.75) is 19.8 Å². The Labute approximate surface area is 149 Å². The number of pyridine rings is 1. The van der Waals surface area contributed by atoms with E-state index in [1.165, 1.54) is 0 Å². The smallest absolute Gasteiger partial charge is 0.376 e. The molecule has 0 atom stereocenters. The number of esters is 1. The van der Waals surface area contributed by atoms with E-state index >= 15 is 0 Å². The molecule has 1 aromatic carbocycles. The number of hydrogen-bond donors (Lipinski definition) is 2. The SMILES string of the molecule is CCOC(=O)c1oc2cnccc2c1Nc1ccc2c(c1)CC/C2=N/O. The third-order valence-electron chi connectivity index (χ3n) is 4.39. The van der Waals surface area contributed by atoms with Gasteiger partial charge in [-0.05, 0) is 43.5 Å². The van der Waals surface area contributed by atoms with E-state index in [0.29, 0.717) is 23.4 Å². The van der Waals surface area contributed by atoms with Crippen molar-refractivity contribution in [3.05, 3.63) is 53.5 Å². The zero-order valence-electron chi connectivity index (χ0n) is 14.2. The Morgan fingerprint density at radius 1 is 1.38 bits per heavy atom. The first-order chi connectivity index (χ1) is 12.7. The average molecular weight is 351 g/mol. The minimum Gasteiger partial charge on any atom is -0.460 e. The summed E-state index contributed by atoms with van der Waals surface area (Å²) in [4.78, 5) is 16.3. The molecule has 26 heavy (non-hydrogen) atoms. The van der Waals surface area contributed by atoms with E-state index in [1.807, 2.05) is 18.2 Å². The van der Waals surface area contributed by atoms with Gasteiger partial charge in [-0.3, -0.25) is 4.98 Å². The van der Waals surface area contributed by atoms with Gasteiger partial charge in [0.15, 0.2) is 5.58 Å². The molecule has 0 spiro atoms. The maximum Gasteiger partial charge on any atom is 0.376 e. The number of oxime groups is 1. The Morgan fingerprint density at radius 2 is 2.27 bits per heavy atom. The number of hydrogen-bond acceptors (Lipinski definition) is 7. The van der Waals surface area contributed by atoms with Gasteiger partial charge in [0.2, 0.25) is 5.76 Å². The predicted octanol–water partition coefficient (Wildman–Crippen LogP) is 3.87. The number of rotatable bonds is 4. The summed E-state index contributed by atoms with van der Waals surface area (Å²) in [6, 6.07) is 7.56. The minimum absolute atomic E-state index is 0.118. The summed E-state index contributed by atoms with van der Waals surface area (Å²) in [6.45, 7) is 2.01. The van der Waals surface area contributed by atoms with Crippen molar-refractivity contribution in [3.8, 4) is 0 Å². The third-order valence-corrected chi connectivity index (χ3v) is 4.39. The van der Waals surface area contributed by atoms with Crippen LogP contribution in [0.15, 0.2) is 46.2 Å². The van der Waals surface area contributed by atoms with E-state index in [2.05, 4.69) is 15.5 Å². The lowest BCUT2D eigenvalue weighted by Crippen LogP contribution is -2.06. The van der Waals surface area contributed by atoms with E-state index in [4.69, 9.17) is 14.4 Å². The Balaban J connectivity index is 1.75. The van der Waals surface area contributed by atoms with Gasteiger partial charge in [0.25, 0.3) is 0 Å². The Kier molecular flexibility index (Phi) is 4.04. The fourth-order valence-electron chi connectivity index (χ4n) is 3.21. The number of carbonyl (C=O) groups is 1. The minimum atomic E-state index is -0.526. The highest BCUT2D eigenvalue weighted by Crippen LogP contribution is 2.34. The van der Waals surface area contributed by atoms with Crippen LogP contribution in [0.2, 0.25) is 0 Å². The molecule has 3 aromatic rings. The number of carbonyl (C=O) groups excluding carboxylic acids is 1. The van der Waals surface area contributed by atoms with E-state index < -0.39 is 5.97 Å². The van der Waals surface area contributed by atoms with Crippen LogP contribution in [0.4, 0.5) is 11.4 Å². The molecule has 0 aliphatic heterocycles. The van der Waals surface area contributed by atoms with Gasteiger partial charge in [-0.25, -0.2) is 4.79 Å². The van der Waals surface area contributed by atoms with E-state index in [0.717, 1.165) is 28.6 Å². The van der Waals surface area contributed by atoms with Crippen molar-refractivity contribution in [2.24, 2.45) is 5.16 Å². The molecule has 7 nitrogen and oxygen atoms in total. The summed E-state index contributed by atoms with van der Waals surface area (Å²) >= 11 is 0. The molecular weight excluding hydrogens is 334 g/mol. The molecule has 0 radical (unpaired) electrons. The van der Waals surface area contributed by atoms with E-state index in [-0.39, 0.29) is 12.4 Å². The molecule has 0 saturated heterocycles. The number of aromatic nitrogens is 1. The number of ether oxygens (including phenoxy) is 1. The molecule has 0 fully saturated rings. The fraction of sp³-hybridized carbons (Fsp3) is 0.211. The largest absolute Gasteiger partial charge is 0.460 e. The molecule has 0 unspecified atom stereocenters. The first-order valence-electron chi connectivity index (χ1n) is 8.36. The zero-order chi connectivity index (χ0) is 18.1. The molecule has 2 N–H and O–H groups in total. The zero-order valence-corrected chi connectivity index (χ0v) is 14.2. The highest BCUT2D eigenvalue weighted by atomic mass is 16.5. The summed E-state index contributed by atoms with van der Waals surface area (Å²) in [5.74, 6) is -0.407. The van der Waals surface area contributed by atoms with Crippen LogP contribution in [0.25, 0.3) is 11.0 Å². The number of furan rings is 1. The molecule has 2 aromatic heterocycles. The number of nitrogens with one attached hydrogen (secondary N) is 1. The number of nitrogens with zero attached hydrogens (tertiary/aromatic N) is 2. The lowest BCUT2D eigenvalue weighted by atomic mass is 10.1. The van der Waals surface area contributed by atoms with Gasteiger partial charge in [-0.2, -0.15) is 0 Å². The van der Waals surface area contributed by atoms with Crippen LogP contribution < -0.4 is 5.32 Å². The molecule has 2 heterocycles. The molecular formula is C19H17N3O4. The van der Waals surface area contributed by atoms with Crippen molar-refractivity contribution < 1.29 is 19.2 Å². The number of aryl methyl sites for hydroxylation is 1. The van der Waals surface area contributed by atoms with Crippen LogP contribution in [0.5, 0.6) is 0 Å². The van der Waals surface area contributed by atoms with E-state index in [1.54, 1.807) is 25.4 Å². The van der Waals surface area contributed by atoms with Crippen LogP contribution in [0.1, 0.15) is 35.0 Å². The van der Waals surface area contributed by atoms with Crippen molar-refractivity contribution in [1.29, 1.82) is 0 Å². The summed E-state index contributed by atoms with van der Waals surface area (Å²) in [6.07, 6.45) is 4.73. The maximum atomic E-state index is 12.3. The lowest BCUT2D eigenvalue weighted by Gasteiger charge is -2.09. The third kappa shape index (κ3) is 2.67. The first-order valence-corrected chi connectivity index (χ1v) is 8.36. The molecule has 0 saturated carbocycles. The summed E-state index contributed by atoms with van der Waals surface area (Å²) < 4.78 is 10.8. The second-order valence-electron chi connectivity index (χ2n) is 5.94. The van der Waals surface area contributed by atoms with Gasteiger partial charge in [0, 0.05) is 22.8 Å². The van der Waals surface area contributed by atoms with Crippen LogP contribution in [-0.2, 0) is 11.2 Å². The van der Waals surface area contributed by atoms with Crippen molar-refractivity contribution in [1.82, 2.24) is 4.98 Å². The fourth-order valence-corrected chi connectivity index (χ4v) is 3.21. The lowest BCUT2D eigenvalue weighted by molar-refractivity contribution is 0.0494. The molecule has 1 aliphatic carbocycles. The number of benzene rings is 1. The molecule has 132 valence electrons. The van der Waals surface area contributed by atoms with Gasteiger partial charge >= 0.3 is 5.97 Å². The maximum absolute atomic E-state index is 12.3. The number of anilines is 2.